The molecule has 1 heterocycles. The van der Waals surface area contributed by atoms with Crippen LogP contribution in [0.25, 0.3) is 0 Å². The molecule has 0 atom stereocenters. The van der Waals surface area contributed by atoms with Crippen LogP contribution in [0.1, 0.15) is 49.7 Å². The van der Waals surface area contributed by atoms with E-state index in [4.69, 9.17) is 0 Å². The molecular formula is C24H28FN3O5S. The van der Waals surface area contributed by atoms with Crippen molar-refractivity contribution in [3.05, 3.63) is 69.5 Å². The lowest BCUT2D eigenvalue weighted by molar-refractivity contribution is -0.385. The lowest BCUT2D eigenvalue weighted by Crippen LogP contribution is -2.49. The second kappa shape index (κ2) is 9.42. The summed E-state index contributed by atoms with van der Waals surface area (Å²) in [6, 6.07) is 10.1. The second-order valence-corrected chi connectivity index (χ2v) is 11.1. The molecule has 182 valence electrons. The van der Waals surface area contributed by atoms with E-state index in [1.165, 1.54) is 28.6 Å². The number of sulfonamides is 1. The second-order valence-electron chi connectivity index (χ2n) is 9.17. The summed E-state index contributed by atoms with van der Waals surface area (Å²) in [6.07, 6.45) is 4.22. The summed E-state index contributed by atoms with van der Waals surface area (Å²) in [4.78, 5) is 23.6. The van der Waals surface area contributed by atoms with Gasteiger partial charge in [0.05, 0.1) is 15.4 Å². The summed E-state index contributed by atoms with van der Waals surface area (Å²) in [5, 5.41) is 14.3. The largest absolute Gasteiger partial charge is 0.346 e. The van der Waals surface area contributed by atoms with Gasteiger partial charge in [0, 0.05) is 31.1 Å². The number of benzene rings is 2. The predicted molar refractivity (Wildman–Crippen MR) is 124 cm³/mol. The van der Waals surface area contributed by atoms with Crippen LogP contribution in [0.2, 0.25) is 0 Å². The Hall–Kier alpha value is -2.85. The first-order chi connectivity index (χ1) is 16.1. The van der Waals surface area contributed by atoms with Crippen molar-refractivity contribution < 1.29 is 22.5 Å². The summed E-state index contributed by atoms with van der Waals surface area (Å²) >= 11 is 0. The number of rotatable bonds is 6. The third-order valence-corrected chi connectivity index (χ3v) is 9.08. The van der Waals surface area contributed by atoms with Crippen LogP contribution >= 0.6 is 0 Å². The molecule has 2 aliphatic rings. The number of carbonyl (C=O) groups is 1. The Labute approximate surface area is 198 Å². The lowest BCUT2D eigenvalue weighted by Gasteiger charge is -2.35. The zero-order chi connectivity index (χ0) is 24.5. The number of halogens is 1. The molecule has 10 heteroatoms. The van der Waals surface area contributed by atoms with Crippen molar-refractivity contribution in [3.8, 4) is 0 Å². The summed E-state index contributed by atoms with van der Waals surface area (Å²) in [5.41, 5.74) is 0.531. The molecule has 0 radical (unpaired) electrons. The van der Waals surface area contributed by atoms with E-state index in [0.717, 1.165) is 37.3 Å². The minimum atomic E-state index is -3.92. The standard InChI is InChI=1S/C24H28FN3O5S/c1-17-4-9-21(28(30)31)16-22(17)34(32,33)27-14-10-18(11-15-27)23(29)26-24(12-2-3-13-24)19-5-7-20(25)8-6-19/h4-9,16,18H,2-3,10-15H2,1H3,(H,26,29). The normalized spacial score (nSPS) is 19.1. The van der Waals surface area contributed by atoms with Crippen molar-refractivity contribution in [1.82, 2.24) is 9.62 Å². The lowest BCUT2D eigenvalue weighted by atomic mass is 9.86. The molecule has 1 aliphatic heterocycles. The Balaban J connectivity index is 1.45. The van der Waals surface area contributed by atoms with E-state index in [2.05, 4.69) is 5.32 Å². The Morgan fingerprint density at radius 2 is 1.74 bits per heavy atom. The van der Waals surface area contributed by atoms with Gasteiger partial charge in [0.25, 0.3) is 5.69 Å². The average molecular weight is 490 g/mol. The molecule has 0 bridgehead atoms. The molecule has 1 saturated heterocycles. The van der Waals surface area contributed by atoms with E-state index in [1.54, 1.807) is 19.1 Å². The Morgan fingerprint density at radius 3 is 2.32 bits per heavy atom. The quantitative estimate of drug-likeness (QED) is 0.487. The van der Waals surface area contributed by atoms with Crippen molar-refractivity contribution in [3.63, 3.8) is 0 Å². The number of aryl methyl sites for hydroxylation is 1. The first-order valence-corrected chi connectivity index (χ1v) is 12.9. The molecule has 0 unspecified atom stereocenters. The van der Waals surface area contributed by atoms with Crippen LogP contribution in [0.5, 0.6) is 0 Å². The fourth-order valence-corrected chi connectivity index (χ4v) is 6.76. The minimum Gasteiger partial charge on any atom is -0.346 e. The summed E-state index contributed by atoms with van der Waals surface area (Å²) in [6.45, 7) is 1.92. The van der Waals surface area contributed by atoms with E-state index in [1.807, 2.05) is 0 Å². The average Bonchev–Trinajstić information content (AvgIpc) is 3.29. The van der Waals surface area contributed by atoms with Crippen molar-refractivity contribution in [2.75, 3.05) is 13.1 Å². The van der Waals surface area contributed by atoms with Crippen molar-refractivity contribution in [1.29, 1.82) is 0 Å². The highest BCUT2D eigenvalue weighted by Gasteiger charge is 2.40. The van der Waals surface area contributed by atoms with Gasteiger partial charge in [-0.15, -0.1) is 0 Å². The SMILES string of the molecule is Cc1ccc([N+](=O)[O-])cc1S(=O)(=O)N1CCC(C(=O)NC2(c3ccc(F)cc3)CCCC2)CC1. The fraction of sp³-hybridized carbons (Fsp3) is 0.458. The van der Waals surface area contributed by atoms with Gasteiger partial charge < -0.3 is 5.32 Å². The molecule has 2 aromatic carbocycles. The first-order valence-electron chi connectivity index (χ1n) is 11.5. The first kappa shape index (κ1) is 24.3. The summed E-state index contributed by atoms with van der Waals surface area (Å²) < 4.78 is 41.1. The number of amides is 1. The van der Waals surface area contributed by atoms with Crippen LogP contribution in [0.4, 0.5) is 10.1 Å². The monoisotopic (exact) mass is 489 g/mol. The van der Waals surface area contributed by atoms with Gasteiger partial charge in [-0.1, -0.05) is 31.0 Å². The van der Waals surface area contributed by atoms with Gasteiger partial charge in [-0.2, -0.15) is 4.31 Å². The van der Waals surface area contributed by atoms with Crippen molar-refractivity contribution in [2.45, 2.75) is 55.9 Å². The van der Waals surface area contributed by atoms with Gasteiger partial charge in [0.15, 0.2) is 0 Å². The number of nitrogens with zero attached hydrogens (tertiary/aromatic N) is 2. The van der Waals surface area contributed by atoms with Crippen molar-refractivity contribution in [2.24, 2.45) is 5.92 Å². The number of nitrogens with one attached hydrogen (secondary N) is 1. The number of nitro benzene ring substituents is 1. The minimum absolute atomic E-state index is 0.0779. The third-order valence-electron chi connectivity index (χ3n) is 7.04. The Bertz CT molecular complexity index is 1190. The number of carbonyl (C=O) groups excluding carboxylic acids is 1. The molecule has 1 amide bonds. The maximum Gasteiger partial charge on any atom is 0.270 e. The van der Waals surface area contributed by atoms with E-state index >= 15 is 0 Å². The molecule has 0 spiro atoms. The van der Waals surface area contributed by atoms with Crippen LogP contribution in [-0.4, -0.2) is 36.6 Å². The zero-order valence-corrected chi connectivity index (χ0v) is 19.8. The van der Waals surface area contributed by atoms with Gasteiger partial charge in [0.1, 0.15) is 5.82 Å². The zero-order valence-electron chi connectivity index (χ0n) is 19.0. The molecule has 8 nitrogen and oxygen atoms in total. The molecule has 2 aromatic rings. The van der Waals surface area contributed by atoms with Gasteiger partial charge in [0.2, 0.25) is 15.9 Å². The van der Waals surface area contributed by atoms with Crippen LogP contribution in [0.15, 0.2) is 47.4 Å². The van der Waals surface area contributed by atoms with Crippen LogP contribution in [0, 0.1) is 28.8 Å². The van der Waals surface area contributed by atoms with E-state index in [-0.39, 0.29) is 41.3 Å². The third kappa shape index (κ3) is 4.69. The van der Waals surface area contributed by atoms with Gasteiger partial charge in [-0.05, 0) is 55.9 Å². The van der Waals surface area contributed by atoms with Gasteiger partial charge in [-0.3, -0.25) is 14.9 Å². The van der Waals surface area contributed by atoms with E-state index < -0.39 is 20.5 Å². The summed E-state index contributed by atoms with van der Waals surface area (Å²) in [5.74, 6) is -0.777. The van der Waals surface area contributed by atoms with Crippen LogP contribution in [0.3, 0.4) is 0 Å². The number of non-ortho nitro benzene ring substituents is 1. The maximum absolute atomic E-state index is 13.4. The molecule has 1 aliphatic carbocycles. The molecule has 1 saturated carbocycles. The maximum atomic E-state index is 13.4. The topological polar surface area (TPSA) is 110 Å². The van der Waals surface area contributed by atoms with Crippen LogP contribution in [-0.2, 0) is 20.4 Å². The van der Waals surface area contributed by atoms with Gasteiger partial charge in [-0.25, -0.2) is 12.8 Å². The molecular weight excluding hydrogens is 461 g/mol. The fourth-order valence-electron chi connectivity index (χ4n) is 5.05. The van der Waals surface area contributed by atoms with E-state index in [9.17, 15) is 27.7 Å². The Morgan fingerprint density at radius 1 is 1.12 bits per heavy atom. The van der Waals surface area contributed by atoms with Crippen LogP contribution < -0.4 is 5.32 Å². The number of hydrogen-bond acceptors (Lipinski definition) is 5. The highest BCUT2D eigenvalue weighted by Crippen LogP contribution is 2.39. The van der Waals surface area contributed by atoms with Gasteiger partial charge >= 0.3 is 0 Å². The molecule has 34 heavy (non-hydrogen) atoms. The highest BCUT2D eigenvalue weighted by molar-refractivity contribution is 7.89. The predicted octanol–water partition coefficient (Wildman–Crippen LogP) is 4.03. The summed E-state index contributed by atoms with van der Waals surface area (Å²) in [7, 11) is -3.92. The number of piperidine rings is 1. The molecule has 0 aromatic heterocycles. The molecule has 1 N–H and O–H groups in total. The number of nitro groups is 1. The van der Waals surface area contributed by atoms with E-state index in [0.29, 0.717) is 18.4 Å². The van der Waals surface area contributed by atoms with Crippen molar-refractivity contribution >= 4 is 21.6 Å². The highest BCUT2D eigenvalue weighted by atomic mass is 32.2. The smallest absolute Gasteiger partial charge is 0.270 e. The molecule has 4 rings (SSSR count). The molecule has 2 fully saturated rings. The Kier molecular flexibility index (Phi) is 6.73. The number of hydrogen-bond donors (Lipinski definition) is 1.